The Kier molecular flexibility index (Phi) is 5.14. The molecular weight excluding hydrogens is 340 g/mol. The van der Waals surface area contributed by atoms with E-state index in [1.54, 1.807) is 9.25 Å². The standard InChI is InChI=1S/C21H28N4O2/c1-2-24-19(22-25(21(24)27)15-16-7-4-3-5-8-16)17-11-13-23(14-12-17)20(26)18-9-6-10-18/h3-5,7-8,17-18H,2,6,9-15H2,1H3. The molecule has 2 heterocycles. The maximum absolute atomic E-state index is 12.8. The van der Waals surface area contributed by atoms with E-state index in [1.807, 2.05) is 42.2 Å². The van der Waals surface area contributed by atoms with Crippen LogP contribution in [-0.4, -0.2) is 38.2 Å². The number of carbonyl (C=O) groups is 1. The Hall–Kier alpha value is -2.37. The molecule has 1 aromatic carbocycles. The quantitative estimate of drug-likeness (QED) is 0.815. The molecule has 0 spiro atoms. The van der Waals surface area contributed by atoms with Crippen LogP contribution in [0.1, 0.15) is 56.3 Å². The number of benzene rings is 1. The summed E-state index contributed by atoms with van der Waals surface area (Å²) in [6, 6.07) is 9.96. The van der Waals surface area contributed by atoms with Crippen molar-refractivity contribution >= 4 is 5.91 Å². The summed E-state index contributed by atoms with van der Waals surface area (Å²) < 4.78 is 3.39. The third-order valence-corrected chi connectivity index (χ3v) is 6.07. The zero-order valence-corrected chi connectivity index (χ0v) is 16.0. The van der Waals surface area contributed by atoms with Gasteiger partial charge >= 0.3 is 5.69 Å². The fourth-order valence-corrected chi connectivity index (χ4v) is 4.19. The minimum absolute atomic E-state index is 0.0377. The van der Waals surface area contributed by atoms with Gasteiger partial charge in [-0.2, -0.15) is 5.10 Å². The zero-order valence-electron chi connectivity index (χ0n) is 16.0. The van der Waals surface area contributed by atoms with E-state index < -0.39 is 0 Å². The summed E-state index contributed by atoms with van der Waals surface area (Å²) in [5, 5.41) is 4.70. The van der Waals surface area contributed by atoms with E-state index in [2.05, 4.69) is 0 Å². The van der Waals surface area contributed by atoms with E-state index in [-0.39, 0.29) is 17.5 Å². The number of amides is 1. The lowest BCUT2D eigenvalue weighted by Crippen LogP contribution is -2.43. The van der Waals surface area contributed by atoms with Crippen LogP contribution in [0.2, 0.25) is 0 Å². The molecule has 0 atom stereocenters. The van der Waals surface area contributed by atoms with Gasteiger partial charge in [0.05, 0.1) is 6.54 Å². The third kappa shape index (κ3) is 3.57. The summed E-state index contributed by atoms with van der Waals surface area (Å²) in [4.78, 5) is 27.3. The molecule has 1 aliphatic carbocycles. The molecule has 1 saturated heterocycles. The largest absolute Gasteiger partial charge is 0.346 e. The van der Waals surface area contributed by atoms with Crippen LogP contribution in [-0.2, 0) is 17.9 Å². The molecule has 6 nitrogen and oxygen atoms in total. The molecule has 2 aromatic rings. The maximum atomic E-state index is 12.8. The third-order valence-electron chi connectivity index (χ3n) is 6.07. The first-order valence-corrected chi connectivity index (χ1v) is 10.2. The molecule has 1 amide bonds. The van der Waals surface area contributed by atoms with Crippen molar-refractivity contribution in [1.29, 1.82) is 0 Å². The number of aromatic nitrogens is 3. The lowest BCUT2D eigenvalue weighted by molar-refractivity contribution is -0.139. The van der Waals surface area contributed by atoms with Gasteiger partial charge in [0.2, 0.25) is 5.91 Å². The first-order valence-electron chi connectivity index (χ1n) is 10.2. The van der Waals surface area contributed by atoms with Crippen LogP contribution < -0.4 is 5.69 Å². The van der Waals surface area contributed by atoms with Gasteiger partial charge in [-0.15, -0.1) is 0 Å². The van der Waals surface area contributed by atoms with E-state index in [9.17, 15) is 9.59 Å². The summed E-state index contributed by atoms with van der Waals surface area (Å²) in [5.41, 5.74) is 1.04. The number of nitrogens with zero attached hydrogens (tertiary/aromatic N) is 4. The average molecular weight is 368 g/mol. The summed E-state index contributed by atoms with van der Waals surface area (Å²) in [6.45, 7) is 4.68. The topological polar surface area (TPSA) is 60.1 Å². The molecule has 4 rings (SSSR count). The second-order valence-electron chi connectivity index (χ2n) is 7.76. The number of likely N-dealkylation sites (tertiary alicyclic amines) is 1. The SMILES string of the molecule is CCn1c(C2CCN(C(=O)C3CCC3)CC2)nn(Cc2ccccc2)c1=O. The molecule has 0 bridgehead atoms. The predicted octanol–water partition coefficient (Wildman–Crippen LogP) is 2.62. The minimum atomic E-state index is -0.0377. The molecular formula is C21H28N4O2. The lowest BCUT2D eigenvalue weighted by Gasteiger charge is -2.36. The van der Waals surface area contributed by atoms with Crippen molar-refractivity contribution in [3.8, 4) is 0 Å². The van der Waals surface area contributed by atoms with Crippen molar-refractivity contribution in [2.24, 2.45) is 5.92 Å². The number of hydrogen-bond donors (Lipinski definition) is 0. The van der Waals surface area contributed by atoms with Crippen molar-refractivity contribution < 1.29 is 4.79 Å². The van der Waals surface area contributed by atoms with Crippen LogP contribution >= 0.6 is 0 Å². The van der Waals surface area contributed by atoms with Crippen molar-refractivity contribution in [3.63, 3.8) is 0 Å². The molecule has 1 aliphatic heterocycles. The van der Waals surface area contributed by atoms with Gasteiger partial charge in [-0.3, -0.25) is 9.36 Å². The van der Waals surface area contributed by atoms with Gasteiger partial charge in [0.1, 0.15) is 5.82 Å². The maximum Gasteiger partial charge on any atom is 0.346 e. The highest BCUT2D eigenvalue weighted by Crippen LogP contribution is 2.32. The van der Waals surface area contributed by atoms with Crippen molar-refractivity contribution in [1.82, 2.24) is 19.2 Å². The van der Waals surface area contributed by atoms with Crippen LogP contribution in [0.25, 0.3) is 0 Å². The number of hydrogen-bond acceptors (Lipinski definition) is 3. The van der Waals surface area contributed by atoms with Crippen LogP contribution in [0, 0.1) is 5.92 Å². The zero-order chi connectivity index (χ0) is 18.8. The highest BCUT2D eigenvalue weighted by molar-refractivity contribution is 5.79. The molecule has 144 valence electrons. The first-order chi connectivity index (χ1) is 13.2. The lowest BCUT2D eigenvalue weighted by atomic mass is 9.83. The molecule has 0 N–H and O–H groups in total. The van der Waals surface area contributed by atoms with Gasteiger partial charge in [0, 0.05) is 31.5 Å². The molecule has 2 fully saturated rings. The Balaban J connectivity index is 1.48. The molecule has 27 heavy (non-hydrogen) atoms. The minimum Gasteiger partial charge on any atom is -0.342 e. The Bertz CT molecular complexity index is 843. The van der Waals surface area contributed by atoms with E-state index >= 15 is 0 Å². The van der Waals surface area contributed by atoms with Crippen LogP contribution in [0.5, 0.6) is 0 Å². The van der Waals surface area contributed by atoms with Gasteiger partial charge in [0.15, 0.2) is 0 Å². The van der Waals surface area contributed by atoms with E-state index in [0.717, 1.165) is 50.2 Å². The Labute approximate surface area is 159 Å². The number of rotatable bonds is 5. The summed E-state index contributed by atoms with van der Waals surface area (Å²) in [6.07, 6.45) is 5.07. The molecule has 0 radical (unpaired) electrons. The highest BCUT2D eigenvalue weighted by Gasteiger charge is 2.33. The average Bonchev–Trinajstić information content (AvgIpc) is 2.97. The Morgan fingerprint density at radius 3 is 2.41 bits per heavy atom. The van der Waals surface area contributed by atoms with Crippen LogP contribution in [0.3, 0.4) is 0 Å². The molecule has 2 aliphatic rings. The van der Waals surface area contributed by atoms with E-state index in [1.165, 1.54) is 6.42 Å². The highest BCUT2D eigenvalue weighted by atomic mass is 16.2. The van der Waals surface area contributed by atoms with Crippen molar-refractivity contribution in [2.75, 3.05) is 13.1 Å². The van der Waals surface area contributed by atoms with Gasteiger partial charge in [-0.1, -0.05) is 36.8 Å². The Morgan fingerprint density at radius 2 is 1.81 bits per heavy atom. The van der Waals surface area contributed by atoms with Crippen molar-refractivity contribution in [2.45, 2.75) is 58.0 Å². The molecule has 0 unspecified atom stereocenters. The molecule has 1 aromatic heterocycles. The summed E-state index contributed by atoms with van der Waals surface area (Å²) in [7, 11) is 0. The smallest absolute Gasteiger partial charge is 0.342 e. The molecule has 1 saturated carbocycles. The fourth-order valence-electron chi connectivity index (χ4n) is 4.19. The van der Waals surface area contributed by atoms with Crippen LogP contribution in [0.4, 0.5) is 0 Å². The second kappa shape index (κ2) is 7.71. The van der Waals surface area contributed by atoms with Crippen molar-refractivity contribution in [3.05, 3.63) is 52.2 Å². The summed E-state index contributed by atoms with van der Waals surface area (Å²) >= 11 is 0. The van der Waals surface area contributed by atoms with Gasteiger partial charge in [0.25, 0.3) is 0 Å². The monoisotopic (exact) mass is 368 g/mol. The van der Waals surface area contributed by atoms with Gasteiger partial charge in [-0.05, 0) is 38.2 Å². The fraction of sp³-hybridized carbons (Fsp3) is 0.571. The van der Waals surface area contributed by atoms with Gasteiger partial charge in [-0.25, -0.2) is 9.48 Å². The summed E-state index contributed by atoms with van der Waals surface area (Å²) in [5.74, 6) is 1.73. The van der Waals surface area contributed by atoms with E-state index in [0.29, 0.717) is 19.0 Å². The van der Waals surface area contributed by atoms with Gasteiger partial charge < -0.3 is 4.90 Å². The van der Waals surface area contributed by atoms with E-state index in [4.69, 9.17) is 5.10 Å². The normalized spacial score (nSPS) is 18.5. The molecule has 6 heteroatoms. The second-order valence-corrected chi connectivity index (χ2v) is 7.76. The van der Waals surface area contributed by atoms with Crippen LogP contribution in [0.15, 0.2) is 35.1 Å². The first kappa shape index (κ1) is 18.0. The predicted molar refractivity (Wildman–Crippen MR) is 104 cm³/mol. The number of piperidine rings is 1. The number of carbonyl (C=O) groups excluding carboxylic acids is 1. The Morgan fingerprint density at radius 1 is 1.11 bits per heavy atom.